The molecule has 0 aromatic heterocycles. The molecule has 0 bridgehead atoms. The van der Waals surface area contributed by atoms with Crippen LogP contribution < -0.4 is 5.32 Å². The van der Waals surface area contributed by atoms with Gasteiger partial charge in [0.25, 0.3) is 0 Å². The van der Waals surface area contributed by atoms with Crippen molar-refractivity contribution in [1.82, 2.24) is 4.90 Å². The van der Waals surface area contributed by atoms with Crippen LogP contribution in [-0.2, 0) is 9.53 Å². The average molecular weight is 366 g/mol. The summed E-state index contributed by atoms with van der Waals surface area (Å²) in [6.45, 7) is 1.68. The molecule has 2 N–H and O–H groups in total. The third-order valence-electron chi connectivity index (χ3n) is 2.60. The number of hydrogen-bond donors (Lipinski definition) is 2. The normalized spacial score (nSPS) is 10.8. The summed E-state index contributed by atoms with van der Waals surface area (Å²) in [5.74, 6) is -0.182. The van der Waals surface area contributed by atoms with Gasteiger partial charge in [-0.15, -0.1) is 0 Å². The van der Waals surface area contributed by atoms with E-state index in [9.17, 15) is 4.79 Å². The van der Waals surface area contributed by atoms with Crippen molar-refractivity contribution in [3.05, 3.63) is 27.7 Å². The fourth-order valence-electron chi connectivity index (χ4n) is 1.62. The minimum absolute atomic E-state index is 0.00393. The van der Waals surface area contributed by atoms with E-state index < -0.39 is 0 Å². The third kappa shape index (κ3) is 6.19. The van der Waals surface area contributed by atoms with E-state index >= 15 is 0 Å². The zero-order valence-electron chi connectivity index (χ0n) is 11.2. The Bertz CT molecular complexity index is 446. The van der Waals surface area contributed by atoms with Crippen LogP contribution in [0, 0.1) is 0 Å². The number of carbonyl (C=O) groups excluding carboxylic acids is 1. The Morgan fingerprint density at radius 2 is 2.25 bits per heavy atom. The summed E-state index contributed by atoms with van der Waals surface area (Å²) in [6, 6.07) is 5.25. The van der Waals surface area contributed by atoms with Gasteiger partial charge in [0.2, 0.25) is 5.91 Å². The summed E-state index contributed by atoms with van der Waals surface area (Å²) in [6.07, 6.45) is 0. The molecule has 0 aliphatic carbocycles. The molecule has 0 atom stereocenters. The van der Waals surface area contributed by atoms with Gasteiger partial charge in [-0.2, -0.15) is 0 Å². The van der Waals surface area contributed by atoms with Crippen molar-refractivity contribution >= 4 is 39.1 Å². The van der Waals surface area contributed by atoms with E-state index in [1.807, 2.05) is 4.90 Å². The van der Waals surface area contributed by atoms with Crippen LogP contribution in [0.3, 0.4) is 0 Å². The van der Waals surface area contributed by atoms with E-state index in [-0.39, 0.29) is 19.1 Å². The molecule has 0 saturated carbocycles. The quantitative estimate of drug-likeness (QED) is 0.739. The van der Waals surface area contributed by atoms with Crippen LogP contribution in [-0.4, -0.2) is 55.9 Å². The van der Waals surface area contributed by atoms with Gasteiger partial charge in [-0.05, 0) is 18.2 Å². The van der Waals surface area contributed by atoms with Crippen LogP contribution in [0.4, 0.5) is 5.69 Å². The maximum atomic E-state index is 12.0. The zero-order chi connectivity index (χ0) is 15.0. The van der Waals surface area contributed by atoms with Gasteiger partial charge in [-0.1, -0.05) is 27.5 Å². The first kappa shape index (κ1) is 17.4. The van der Waals surface area contributed by atoms with Gasteiger partial charge in [-0.25, -0.2) is 0 Å². The second kappa shape index (κ2) is 9.31. The second-order valence-corrected chi connectivity index (χ2v) is 5.49. The van der Waals surface area contributed by atoms with Gasteiger partial charge in [0.15, 0.2) is 0 Å². The number of aliphatic hydroxyl groups excluding tert-OH is 1. The van der Waals surface area contributed by atoms with E-state index in [2.05, 4.69) is 21.2 Å². The second-order valence-electron chi connectivity index (χ2n) is 4.16. The number of hydrogen-bond acceptors (Lipinski definition) is 4. The number of carbonyl (C=O) groups is 1. The number of halogens is 2. The minimum Gasteiger partial charge on any atom is -0.395 e. The summed E-state index contributed by atoms with van der Waals surface area (Å²) in [5, 5.41) is 12.2. The Morgan fingerprint density at radius 1 is 1.50 bits per heavy atom. The van der Waals surface area contributed by atoms with E-state index in [0.29, 0.717) is 30.4 Å². The van der Waals surface area contributed by atoms with E-state index in [1.165, 1.54) is 0 Å². The van der Waals surface area contributed by atoms with Crippen molar-refractivity contribution in [2.45, 2.75) is 0 Å². The van der Waals surface area contributed by atoms with Crippen LogP contribution in [0.2, 0.25) is 5.02 Å². The molecule has 0 spiro atoms. The van der Waals surface area contributed by atoms with Crippen LogP contribution in [0.1, 0.15) is 0 Å². The molecule has 5 nitrogen and oxygen atoms in total. The van der Waals surface area contributed by atoms with Gasteiger partial charge >= 0.3 is 0 Å². The Balaban J connectivity index is 2.55. The lowest BCUT2D eigenvalue weighted by Gasteiger charge is -2.20. The van der Waals surface area contributed by atoms with E-state index in [4.69, 9.17) is 21.4 Å². The van der Waals surface area contributed by atoms with Crippen molar-refractivity contribution in [3.8, 4) is 0 Å². The van der Waals surface area contributed by atoms with Gasteiger partial charge in [0.1, 0.15) is 0 Å². The Labute approximate surface area is 132 Å². The number of benzene rings is 1. The summed E-state index contributed by atoms with van der Waals surface area (Å²) < 4.78 is 5.82. The molecule has 0 unspecified atom stereocenters. The molecule has 20 heavy (non-hydrogen) atoms. The number of nitrogens with one attached hydrogen (secondary N) is 1. The number of methoxy groups -OCH3 is 1. The van der Waals surface area contributed by atoms with Crippen molar-refractivity contribution in [3.63, 3.8) is 0 Å². The van der Waals surface area contributed by atoms with Gasteiger partial charge in [0.05, 0.1) is 30.5 Å². The molecule has 0 aliphatic rings. The number of aliphatic hydroxyl groups is 1. The fraction of sp³-hybridized carbons (Fsp3) is 0.462. The summed E-state index contributed by atoms with van der Waals surface area (Å²) in [5.41, 5.74) is 0.565. The molecule has 1 aromatic carbocycles. The molecule has 1 rings (SSSR count). The van der Waals surface area contributed by atoms with E-state index in [1.54, 1.807) is 25.3 Å². The maximum absolute atomic E-state index is 12.0. The van der Waals surface area contributed by atoms with Crippen LogP contribution >= 0.6 is 27.5 Å². The Hall–Kier alpha value is -0.660. The highest BCUT2D eigenvalue weighted by molar-refractivity contribution is 9.10. The molecule has 0 radical (unpaired) electrons. The molecule has 0 heterocycles. The zero-order valence-corrected chi connectivity index (χ0v) is 13.6. The Morgan fingerprint density at radius 3 is 2.85 bits per heavy atom. The molecule has 7 heteroatoms. The topological polar surface area (TPSA) is 61.8 Å². The molecule has 0 fully saturated rings. The molecule has 0 saturated heterocycles. The summed E-state index contributed by atoms with van der Waals surface area (Å²) in [4.78, 5) is 13.8. The van der Waals surface area contributed by atoms with Crippen LogP contribution in [0.5, 0.6) is 0 Å². The fourth-order valence-corrected chi connectivity index (χ4v) is 2.34. The lowest BCUT2D eigenvalue weighted by molar-refractivity contribution is -0.117. The predicted molar refractivity (Wildman–Crippen MR) is 83.2 cm³/mol. The maximum Gasteiger partial charge on any atom is 0.238 e. The molecular formula is C13H18BrClN2O3. The van der Waals surface area contributed by atoms with Gasteiger partial charge in [-0.3, -0.25) is 9.69 Å². The summed E-state index contributed by atoms with van der Waals surface area (Å²) in [7, 11) is 1.60. The van der Waals surface area contributed by atoms with Crippen molar-refractivity contribution in [2.24, 2.45) is 0 Å². The SMILES string of the molecule is COCCN(CCO)CC(=O)Nc1ccc(Br)cc1Cl. The summed E-state index contributed by atoms with van der Waals surface area (Å²) >= 11 is 9.34. The van der Waals surface area contributed by atoms with Gasteiger partial charge < -0.3 is 15.2 Å². The lowest BCUT2D eigenvalue weighted by Crippen LogP contribution is -2.37. The average Bonchev–Trinajstić information content (AvgIpc) is 2.39. The van der Waals surface area contributed by atoms with E-state index in [0.717, 1.165) is 4.47 Å². The first-order valence-corrected chi connectivity index (χ1v) is 7.31. The number of amides is 1. The number of ether oxygens (including phenoxy) is 1. The Kier molecular flexibility index (Phi) is 8.09. The molecule has 1 aromatic rings. The first-order valence-electron chi connectivity index (χ1n) is 6.14. The van der Waals surface area contributed by atoms with Crippen LogP contribution in [0.15, 0.2) is 22.7 Å². The van der Waals surface area contributed by atoms with Crippen LogP contribution in [0.25, 0.3) is 0 Å². The van der Waals surface area contributed by atoms with Crippen molar-refractivity contribution < 1.29 is 14.6 Å². The number of nitrogens with zero attached hydrogens (tertiary/aromatic N) is 1. The highest BCUT2D eigenvalue weighted by Crippen LogP contribution is 2.25. The van der Waals surface area contributed by atoms with Gasteiger partial charge in [0, 0.05) is 24.7 Å². The third-order valence-corrected chi connectivity index (χ3v) is 3.41. The molecule has 0 aliphatic heterocycles. The highest BCUT2D eigenvalue weighted by atomic mass is 79.9. The minimum atomic E-state index is -0.182. The van der Waals surface area contributed by atoms with Crippen molar-refractivity contribution in [2.75, 3.05) is 45.3 Å². The number of anilines is 1. The first-order chi connectivity index (χ1) is 9.56. The monoisotopic (exact) mass is 364 g/mol. The predicted octanol–water partition coefficient (Wildman–Crippen LogP) is 1.98. The standard InChI is InChI=1S/C13H18BrClN2O3/c1-20-7-5-17(4-6-18)9-13(19)16-12-3-2-10(14)8-11(12)15/h2-3,8,18H,4-7,9H2,1H3,(H,16,19). The van der Waals surface area contributed by atoms with Crippen molar-refractivity contribution in [1.29, 1.82) is 0 Å². The lowest BCUT2D eigenvalue weighted by atomic mass is 10.3. The number of rotatable bonds is 8. The molecular weight excluding hydrogens is 348 g/mol. The highest BCUT2D eigenvalue weighted by Gasteiger charge is 2.11. The molecule has 112 valence electrons. The smallest absolute Gasteiger partial charge is 0.238 e. The largest absolute Gasteiger partial charge is 0.395 e. The molecule has 1 amide bonds.